The lowest BCUT2D eigenvalue weighted by Gasteiger charge is -2.43. The largest absolute Gasteiger partial charge is 0.460 e. The lowest BCUT2D eigenvalue weighted by atomic mass is 9.67. The Morgan fingerprint density at radius 3 is 2.35 bits per heavy atom. The van der Waals surface area contributed by atoms with Crippen molar-refractivity contribution < 1.29 is 32.3 Å². The molecule has 2 aromatic carbocycles. The van der Waals surface area contributed by atoms with Crippen LogP contribution in [0.4, 0.5) is 0 Å². The Bertz CT molecular complexity index is 1180. The summed E-state index contributed by atoms with van der Waals surface area (Å²) >= 11 is 0. The number of benzene rings is 2. The molecular weight excluding hydrogens is 458 g/mol. The van der Waals surface area contributed by atoms with E-state index in [1.54, 1.807) is 49.4 Å². The summed E-state index contributed by atoms with van der Waals surface area (Å²) in [6.07, 6.45) is -0.294. The fourth-order valence-electron chi connectivity index (χ4n) is 4.28. The molecule has 1 aliphatic rings. The van der Waals surface area contributed by atoms with Crippen molar-refractivity contribution in [3.63, 3.8) is 0 Å². The monoisotopic (exact) mass is 485 g/mol. The number of hydrogen-bond acceptors (Lipinski definition) is 7. The van der Waals surface area contributed by atoms with Gasteiger partial charge in [0.15, 0.2) is 5.41 Å². The van der Waals surface area contributed by atoms with Gasteiger partial charge in [0.25, 0.3) is 15.9 Å². The van der Waals surface area contributed by atoms with Gasteiger partial charge in [0.1, 0.15) is 18.7 Å². The molecule has 1 fully saturated rings. The molecule has 0 unspecified atom stereocenters. The zero-order chi connectivity index (χ0) is 24.9. The predicted molar refractivity (Wildman–Crippen MR) is 123 cm³/mol. The molecule has 34 heavy (non-hydrogen) atoms. The molecule has 1 saturated heterocycles. The minimum Gasteiger partial charge on any atom is -0.460 e. The number of aryl methyl sites for hydroxylation is 1. The average Bonchev–Trinajstić information content (AvgIpc) is 2.80. The predicted octanol–water partition coefficient (Wildman–Crippen LogP) is 2.83. The van der Waals surface area contributed by atoms with Gasteiger partial charge in [-0.1, -0.05) is 48.0 Å². The maximum atomic E-state index is 13.7. The summed E-state index contributed by atoms with van der Waals surface area (Å²) in [4.78, 5) is 50.7. The first-order chi connectivity index (χ1) is 16.1. The number of piperidine rings is 1. The zero-order valence-corrected chi connectivity index (χ0v) is 19.9. The Balaban J connectivity index is 2.02. The number of esters is 1. The van der Waals surface area contributed by atoms with Crippen molar-refractivity contribution in [2.24, 2.45) is 11.3 Å². The molecule has 0 bridgehead atoms. The number of carbonyl (C=O) groups excluding carboxylic acids is 4. The van der Waals surface area contributed by atoms with Crippen molar-refractivity contribution in [3.8, 4) is 0 Å². The van der Waals surface area contributed by atoms with Gasteiger partial charge in [-0.05, 0) is 43.9 Å². The molecule has 1 aliphatic heterocycles. The van der Waals surface area contributed by atoms with Gasteiger partial charge in [-0.15, -0.1) is 0 Å². The fourth-order valence-corrected chi connectivity index (χ4v) is 5.74. The van der Waals surface area contributed by atoms with E-state index in [4.69, 9.17) is 4.74 Å². The van der Waals surface area contributed by atoms with E-state index in [1.165, 1.54) is 19.1 Å². The van der Waals surface area contributed by atoms with Crippen LogP contribution in [0.15, 0.2) is 59.5 Å². The minimum atomic E-state index is -4.29. The van der Waals surface area contributed by atoms with Crippen molar-refractivity contribution >= 4 is 34.0 Å². The SMILES string of the molecule is CC(=O)C[C@H]1CCN(S(=O)(=O)c2ccc(C)cc2)C(=O)[C@]1(CC=O)C(=O)OCc1ccccc1. The molecule has 2 atom stereocenters. The Morgan fingerprint density at radius 2 is 1.76 bits per heavy atom. The van der Waals surface area contributed by atoms with Gasteiger partial charge in [0, 0.05) is 19.4 Å². The zero-order valence-electron chi connectivity index (χ0n) is 19.1. The molecule has 0 aliphatic carbocycles. The number of sulfonamides is 1. The van der Waals surface area contributed by atoms with E-state index in [2.05, 4.69) is 0 Å². The summed E-state index contributed by atoms with van der Waals surface area (Å²) < 4.78 is 32.7. The van der Waals surface area contributed by atoms with Gasteiger partial charge in [-0.25, -0.2) is 12.7 Å². The van der Waals surface area contributed by atoms with Crippen LogP contribution in [-0.2, 0) is 40.5 Å². The third-order valence-electron chi connectivity index (χ3n) is 6.11. The lowest BCUT2D eigenvalue weighted by molar-refractivity contribution is -0.174. The van der Waals surface area contributed by atoms with Crippen molar-refractivity contribution in [1.29, 1.82) is 0 Å². The summed E-state index contributed by atoms with van der Waals surface area (Å²) in [5.41, 5.74) is -0.615. The van der Waals surface area contributed by atoms with E-state index in [9.17, 15) is 27.6 Å². The minimum absolute atomic E-state index is 0.0463. The summed E-state index contributed by atoms with van der Waals surface area (Å²) in [6.45, 7) is 2.75. The second-order valence-electron chi connectivity index (χ2n) is 8.49. The molecule has 1 heterocycles. The van der Waals surface area contributed by atoms with Crippen LogP contribution in [0.3, 0.4) is 0 Å². The standard InChI is InChI=1S/C25H27NO7S/c1-18-8-10-22(11-9-18)34(31,32)26-14-12-21(16-19(2)28)25(13-15-27,23(26)29)24(30)33-17-20-6-4-3-5-7-20/h3-11,15,21H,12-14,16-17H2,1-2H3/t21-,25-/m1/s1. The summed E-state index contributed by atoms with van der Waals surface area (Å²) in [6, 6.07) is 14.7. The van der Waals surface area contributed by atoms with Gasteiger partial charge in [0.05, 0.1) is 4.90 Å². The first-order valence-corrected chi connectivity index (χ1v) is 12.3. The summed E-state index contributed by atoms with van der Waals surface area (Å²) in [5.74, 6) is -3.20. The first kappa shape index (κ1) is 25.3. The molecule has 0 spiro atoms. The second-order valence-corrected chi connectivity index (χ2v) is 10.4. The van der Waals surface area contributed by atoms with E-state index in [0.29, 0.717) is 16.2 Å². The van der Waals surface area contributed by atoms with Gasteiger partial charge in [0.2, 0.25) is 0 Å². The van der Waals surface area contributed by atoms with Gasteiger partial charge in [-0.3, -0.25) is 9.59 Å². The highest BCUT2D eigenvalue weighted by Crippen LogP contribution is 2.44. The first-order valence-electron chi connectivity index (χ1n) is 10.9. The smallest absolute Gasteiger partial charge is 0.322 e. The van der Waals surface area contributed by atoms with Crippen LogP contribution in [0, 0.1) is 18.3 Å². The topological polar surface area (TPSA) is 115 Å². The molecule has 9 heteroatoms. The Hall–Kier alpha value is -3.33. The number of ketones is 1. The van der Waals surface area contributed by atoms with E-state index in [-0.39, 0.29) is 36.7 Å². The number of carbonyl (C=O) groups is 4. The van der Waals surface area contributed by atoms with E-state index >= 15 is 0 Å². The molecule has 0 saturated carbocycles. The van der Waals surface area contributed by atoms with Crippen LogP contribution >= 0.6 is 0 Å². The van der Waals surface area contributed by atoms with E-state index < -0.39 is 39.7 Å². The highest BCUT2D eigenvalue weighted by molar-refractivity contribution is 7.89. The number of hydrogen-bond donors (Lipinski definition) is 0. The Labute approximate surface area is 199 Å². The lowest BCUT2D eigenvalue weighted by Crippen LogP contribution is -2.59. The molecule has 180 valence electrons. The van der Waals surface area contributed by atoms with Crippen LogP contribution in [0.1, 0.15) is 37.3 Å². The number of amides is 1. The average molecular weight is 486 g/mol. The molecule has 0 N–H and O–H groups in total. The number of aldehydes is 1. The maximum absolute atomic E-state index is 13.7. The molecule has 2 aromatic rings. The molecule has 0 radical (unpaired) electrons. The number of rotatable bonds is 9. The van der Waals surface area contributed by atoms with Crippen LogP contribution in [0.2, 0.25) is 0 Å². The molecular formula is C25H27NO7S. The third-order valence-corrected chi connectivity index (χ3v) is 7.91. The molecule has 1 amide bonds. The van der Waals surface area contributed by atoms with E-state index in [1.807, 2.05) is 0 Å². The van der Waals surface area contributed by atoms with Crippen LogP contribution in [0.25, 0.3) is 0 Å². The summed E-state index contributed by atoms with van der Waals surface area (Å²) in [7, 11) is -4.29. The molecule has 0 aromatic heterocycles. The van der Waals surface area contributed by atoms with Crippen molar-refractivity contribution in [2.75, 3.05) is 6.54 Å². The van der Waals surface area contributed by atoms with Crippen LogP contribution in [-0.4, -0.2) is 43.2 Å². The number of nitrogens with zero attached hydrogens (tertiary/aromatic N) is 1. The Kier molecular flexibility index (Phi) is 7.66. The number of ether oxygens (including phenoxy) is 1. The second kappa shape index (κ2) is 10.3. The van der Waals surface area contributed by atoms with Gasteiger partial charge in [-0.2, -0.15) is 0 Å². The normalized spacial score (nSPS) is 20.6. The van der Waals surface area contributed by atoms with E-state index in [0.717, 1.165) is 5.56 Å². The van der Waals surface area contributed by atoms with Crippen molar-refractivity contribution in [2.45, 2.75) is 44.6 Å². The van der Waals surface area contributed by atoms with Gasteiger partial charge >= 0.3 is 5.97 Å². The fraction of sp³-hybridized carbons (Fsp3) is 0.360. The van der Waals surface area contributed by atoms with Crippen LogP contribution < -0.4 is 0 Å². The third kappa shape index (κ3) is 4.94. The Morgan fingerprint density at radius 1 is 1.12 bits per heavy atom. The quantitative estimate of drug-likeness (QED) is 0.305. The molecule has 8 nitrogen and oxygen atoms in total. The summed E-state index contributed by atoms with van der Waals surface area (Å²) in [5, 5.41) is 0. The number of Topliss-reactive ketones (excluding diaryl/α,β-unsaturated/α-hetero) is 1. The molecule has 3 rings (SSSR count). The van der Waals surface area contributed by atoms with Crippen LogP contribution in [0.5, 0.6) is 0 Å². The highest BCUT2D eigenvalue weighted by Gasteiger charge is 2.59. The highest BCUT2D eigenvalue weighted by atomic mass is 32.2. The van der Waals surface area contributed by atoms with Crippen molar-refractivity contribution in [1.82, 2.24) is 4.31 Å². The maximum Gasteiger partial charge on any atom is 0.322 e. The van der Waals surface area contributed by atoms with Gasteiger partial charge < -0.3 is 14.3 Å². The van der Waals surface area contributed by atoms with Crippen molar-refractivity contribution in [3.05, 3.63) is 65.7 Å².